The third kappa shape index (κ3) is 5.50. The first kappa shape index (κ1) is 16.4. The van der Waals surface area contributed by atoms with Gasteiger partial charge in [-0.3, -0.25) is 4.79 Å². The molecule has 0 fully saturated rings. The molecule has 1 atom stereocenters. The molecule has 0 aromatic carbocycles. The predicted molar refractivity (Wildman–Crippen MR) is 70.6 cm³/mol. The lowest BCUT2D eigenvalue weighted by atomic mass is 9.79. The highest BCUT2D eigenvalue weighted by atomic mass is 16.3. The average molecular weight is 244 g/mol. The van der Waals surface area contributed by atoms with E-state index in [4.69, 9.17) is 10.8 Å². The molecule has 17 heavy (non-hydrogen) atoms. The van der Waals surface area contributed by atoms with Gasteiger partial charge < -0.3 is 16.2 Å². The Labute approximate surface area is 105 Å². The van der Waals surface area contributed by atoms with E-state index in [1.54, 1.807) is 0 Å². The fraction of sp³-hybridized carbons (Fsp3) is 0.923. The molecule has 0 radical (unpaired) electrons. The fourth-order valence-corrected chi connectivity index (χ4v) is 2.03. The van der Waals surface area contributed by atoms with Crippen molar-refractivity contribution in [3.8, 4) is 0 Å². The van der Waals surface area contributed by atoms with Gasteiger partial charge in [0.05, 0.1) is 6.04 Å². The van der Waals surface area contributed by atoms with Gasteiger partial charge in [0.2, 0.25) is 5.91 Å². The summed E-state index contributed by atoms with van der Waals surface area (Å²) < 4.78 is 0. The van der Waals surface area contributed by atoms with Gasteiger partial charge in [-0.25, -0.2) is 0 Å². The maximum absolute atomic E-state index is 11.7. The van der Waals surface area contributed by atoms with Crippen molar-refractivity contribution in [3.63, 3.8) is 0 Å². The molecule has 0 aromatic heterocycles. The Bertz CT molecular complexity index is 215. The summed E-state index contributed by atoms with van der Waals surface area (Å²) in [6.07, 6.45) is 4.26. The second-order valence-corrected chi connectivity index (χ2v) is 4.79. The maximum atomic E-state index is 11.7. The van der Waals surface area contributed by atoms with Crippen LogP contribution < -0.4 is 11.1 Å². The summed E-state index contributed by atoms with van der Waals surface area (Å²) in [6.45, 7) is 6.98. The van der Waals surface area contributed by atoms with Crippen molar-refractivity contribution in [2.24, 2.45) is 11.1 Å². The van der Waals surface area contributed by atoms with E-state index in [1.165, 1.54) is 0 Å². The Balaban J connectivity index is 4.25. The number of carbonyl (C=O) groups is 1. The number of aliphatic hydroxyl groups excluding tert-OH is 1. The van der Waals surface area contributed by atoms with Crippen LogP contribution >= 0.6 is 0 Å². The zero-order valence-corrected chi connectivity index (χ0v) is 11.5. The number of hydrogen-bond acceptors (Lipinski definition) is 3. The average Bonchev–Trinajstić information content (AvgIpc) is 2.34. The summed E-state index contributed by atoms with van der Waals surface area (Å²) in [4.78, 5) is 11.7. The quantitative estimate of drug-likeness (QED) is 0.574. The molecular formula is C13H28N2O2. The highest BCUT2D eigenvalue weighted by Gasteiger charge is 2.26. The summed E-state index contributed by atoms with van der Waals surface area (Å²) in [5.41, 5.74) is 5.76. The predicted octanol–water partition coefficient (Wildman–Crippen LogP) is 1.42. The number of amides is 1. The van der Waals surface area contributed by atoms with E-state index in [0.29, 0.717) is 6.54 Å². The lowest BCUT2D eigenvalue weighted by molar-refractivity contribution is -0.123. The summed E-state index contributed by atoms with van der Waals surface area (Å²) in [5.74, 6) is -0.0731. The minimum atomic E-state index is -0.402. The van der Waals surface area contributed by atoms with Gasteiger partial charge in [0.25, 0.3) is 0 Å². The molecule has 0 aliphatic heterocycles. The van der Waals surface area contributed by atoms with E-state index in [0.717, 1.165) is 32.1 Å². The normalized spacial score (nSPS) is 13.5. The van der Waals surface area contributed by atoms with E-state index < -0.39 is 6.04 Å². The standard InChI is InChI=1S/C13H28N2O2/c1-4-7-11(14)12(17)15-10-13(5-2,6-3)8-9-16/h11,16H,4-10,14H2,1-3H3,(H,15,17). The molecule has 4 N–H and O–H groups in total. The topological polar surface area (TPSA) is 75.4 Å². The molecule has 4 heteroatoms. The third-order valence-electron chi connectivity index (χ3n) is 3.72. The molecular weight excluding hydrogens is 216 g/mol. The molecule has 0 spiro atoms. The summed E-state index contributed by atoms with van der Waals surface area (Å²) in [6, 6.07) is -0.402. The first-order valence-electron chi connectivity index (χ1n) is 6.69. The maximum Gasteiger partial charge on any atom is 0.236 e. The molecule has 0 aliphatic rings. The van der Waals surface area contributed by atoms with Crippen LogP contribution in [0.15, 0.2) is 0 Å². The van der Waals surface area contributed by atoms with Crippen molar-refractivity contribution >= 4 is 5.91 Å². The number of rotatable bonds is 9. The molecule has 0 aromatic rings. The summed E-state index contributed by atoms with van der Waals surface area (Å²) >= 11 is 0. The molecule has 1 unspecified atom stereocenters. The Hall–Kier alpha value is -0.610. The van der Waals surface area contributed by atoms with Crippen LogP contribution in [0.2, 0.25) is 0 Å². The lowest BCUT2D eigenvalue weighted by Gasteiger charge is -2.31. The summed E-state index contributed by atoms with van der Waals surface area (Å²) in [5, 5.41) is 12.0. The molecule has 0 aliphatic carbocycles. The molecule has 0 saturated carbocycles. The van der Waals surface area contributed by atoms with Gasteiger partial charge in [0.1, 0.15) is 0 Å². The third-order valence-corrected chi connectivity index (χ3v) is 3.72. The molecule has 1 amide bonds. The smallest absolute Gasteiger partial charge is 0.236 e. The van der Waals surface area contributed by atoms with Crippen molar-refractivity contribution in [1.29, 1.82) is 0 Å². The van der Waals surface area contributed by atoms with Crippen LogP contribution in [-0.2, 0) is 4.79 Å². The number of aliphatic hydroxyl groups is 1. The number of hydrogen-bond donors (Lipinski definition) is 3. The van der Waals surface area contributed by atoms with Crippen LogP contribution in [0, 0.1) is 5.41 Å². The van der Waals surface area contributed by atoms with Crippen molar-refractivity contribution in [3.05, 3.63) is 0 Å². The monoisotopic (exact) mass is 244 g/mol. The number of nitrogens with one attached hydrogen (secondary N) is 1. The second-order valence-electron chi connectivity index (χ2n) is 4.79. The van der Waals surface area contributed by atoms with E-state index in [-0.39, 0.29) is 17.9 Å². The minimum Gasteiger partial charge on any atom is -0.396 e. The van der Waals surface area contributed by atoms with Crippen LogP contribution in [0.5, 0.6) is 0 Å². The zero-order chi connectivity index (χ0) is 13.3. The van der Waals surface area contributed by atoms with Crippen molar-refractivity contribution < 1.29 is 9.90 Å². The fourth-order valence-electron chi connectivity index (χ4n) is 2.03. The SMILES string of the molecule is CCCC(N)C(=O)NCC(CC)(CC)CCO. The second kappa shape index (κ2) is 8.48. The molecule has 4 nitrogen and oxygen atoms in total. The number of nitrogens with two attached hydrogens (primary N) is 1. The van der Waals surface area contributed by atoms with Gasteiger partial charge in [-0.15, -0.1) is 0 Å². The van der Waals surface area contributed by atoms with Gasteiger partial charge in [-0.2, -0.15) is 0 Å². The Morgan fingerprint density at radius 3 is 2.35 bits per heavy atom. The van der Waals surface area contributed by atoms with Crippen LogP contribution in [0.3, 0.4) is 0 Å². The van der Waals surface area contributed by atoms with E-state index in [9.17, 15) is 4.79 Å². The number of carbonyl (C=O) groups excluding carboxylic acids is 1. The van der Waals surface area contributed by atoms with Crippen molar-refractivity contribution in [1.82, 2.24) is 5.32 Å². The van der Waals surface area contributed by atoms with Gasteiger partial charge in [0.15, 0.2) is 0 Å². The van der Waals surface area contributed by atoms with Gasteiger partial charge >= 0.3 is 0 Å². The lowest BCUT2D eigenvalue weighted by Crippen LogP contribution is -2.45. The Morgan fingerprint density at radius 2 is 1.94 bits per heavy atom. The highest BCUT2D eigenvalue weighted by molar-refractivity contribution is 5.81. The molecule has 0 heterocycles. The van der Waals surface area contributed by atoms with E-state index >= 15 is 0 Å². The highest BCUT2D eigenvalue weighted by Crippen LogP contribution is 2.29. The van der Waals surface area contributed by atoms with E-state index in [1.807, 2.05) is 6.92 Å². The molecule has 0 saturated heterocycles. The molecule has 0 rings (SSSR count). The Kier molecular flexibility index (Phi) is 8.17. The van der Waals surface area contributed by atoms with Crippen LogP contribution in [0.25, 0.3) is 0 Å². The van der Waals surface area contributed by atoms with Crippen molar-refractivity contribution in [2.75, 3.05) is 13.2 Å². The van der Waals surface area contributed by atoms with Gasteiger partial charge in [0, 0.05) is 13.2 Å². The van der Waals surface area contributed by atoms with Crippen LogP contribution in [0.1, 0.15) is 52.9 Å². The summed E-state index contributed by atoms with van der Waals surface area (Å²) in [7, 11) is 0. The first-order valence-corrected chi connectivity index (χ1v) is 6.69. The first-order chi connectivity index (χ1) is 8.05. The minimum absolute atomic E-state index is 0.0103. The molecule has 102 valence electrons. The van der Waals surface area contributed by atoms with Crippen LogP contribution in [0.4, 0.5) is 0 Å². The van der Waals surface area contributed by atoms with Gasteiger partial charge in [-0.1, -0.05) is 27.2 Å². The van der Waals surface area contributed by atoms with Crippen molar-refractivity contribution in [2.45, 2.75) is 58.9 Å². The largest absolute Gasteiger partial charge is 0.396 e. The molecule has 0 bridgehead atoms. The van der Waals surface area contributed by atoms with Gasteiger partial charge in [-0.05, 0) is 31.1 Å². The van der Waals surface area contributed by atoms with Crippen LogP contribution in [-0.4, -0.2) is 30.2 Å². The van der Waals surface area contributed by atoms with E-state index in [2.05, 4.69) is 19.2 Å². The zero-order valence-electron chi connectivity index (χ0n) is 11.5. The Morgan fingerprint density at radius 1 is 1.35 bits per heavy atom.